The van der Waals surface area contributed by atoms with Crippen LogP contribution in [0, 0.1) is 5.92 Å². The van der Waals surface area contributed by atoms with Crippen LogP contribution in [-0.4, -0.2) is 54.6 Å². The smallest absolute Gasteiger partial charge is 0.252 e. The second-order valence-corrected chi connectivity index (χ2v) is 4.80. The molecule has 5 heteroatoms. The Morgan fingerprint density at radius 1 is 1.30 bits per heavy atom. The predicted octanol–water partition coefficient (Wildman–Crippen LogP) is 0.175. The van der Waals surface area contributed by atoms with Crippen molar-refractivity contribution in [2.45, 2.75) is 12.5 Å². The van der Waals surface area contributed by atoms with Gasteiger partial charge in [-0.1, -0.05) is 30.3 Å². The van der Waals surface area contributed by atoms with E-state index in [1.807, 2.05) is 30.3 Å². The average Bonchev–Trinajstić information content (AvgIpc) is 2.53. The largest absolute Gasteiger partial charge is 0.382 e. The summed E-state index contributed by atoms with van der Waals surface area (Å²) in [5, 5.41) is 10.1. The van der Waals surface area contributed by atoms with Gasteiger partial charge in [-0.2, -0.15) is 0 Å². The van der Waals surface area contributed by atoms with Gasteiger partial charge in [0.1, 0.15) is 6.10 Å². The summed E-state index contributed by atoms with van der Waals surface area (Å²) >= 11 is 0. The number of nitrogens with zero attached hydrogens (tertiary/aromatic N) is 1. The number of carbonyl (C=O) groups is 1. The van der Waals surface area contributed by atoms with Crippen molar-refractivity contribution in [3.8, 4) is 0 Å². The number of aliphatic hydroxyl groups excluding tert-OH is 1. The number of hydrogen-bond acceptors (Lipinski definition) is 4. The van der Waals surface area contributed by atoms with Gasteiger partial charge >= 0.3 is 0 Å². The molecule has 1 radical (unpaired) electrons. The second-order valence-electron chi connectivity index (χ2n) is 4.80. The van der Waals surface area contributed by atoms with Crippen molar-refractivity contribution in [1.29, 1.82) is 0 Å². The molecule has 1 heterocycles. The maximum atomic E-state index is 12.1. The van der Waals surface area contributed by atoms with E-state index in [4.69, 9.17) is 4.74 Å². The van der Waals surface area contributed by atoms with Crippen molar-refractivity contribution < 1.29 is 19.4 Å². The first-order chi connectivity index (χ1) is 9.72. The Hall–Kier alpha value is -1.72. The molecule has 1 aliphatic heterocycles. The second kappa shape index (κ2) is 7.17. The molecule has 0 bridgehead atoms. The fourth-order valence-corrected chi connectivity index (χ4v) is 2.23. The molecule has 1 aromatic rings. The molecule has 0 aliphatic carbocycles. The molecule has 0 spiro atoms. The zero-order chi connectivity index (χ0) is 14.4. The number of benzene rings is 1. The van der Waals surface area contributed by atoms with Crippen LogP contribution in [0.5, 0.6) is 0 Å². The fraction of sp³-hybridized carbons (Fsp3) is 0.467. The molecule has 1 amide bonds. The summed E-state index contributed by atoms with van der Waals surface area (Å²) in [7, 11) is 0. The first kappa shape index (κ1) is 14.7. The SMILES string of the molecule is O=[C][C@H](Cc1ccccc1)[C@H](O)C(=O)N1CCOCC1. The van der Waals surface area contributed by atoms with Gasteiger partial charge in [0, 0.05) is 13.1 Å². The Morgan fingerprint density at radius 2 is 1.95 bits per heavy atom. The minimum Gasteiger partial charge on any atom is -0.382 e. The summed E-state index contributed by atoms with van der Waals surface area (Å²) in [6.45, 7) is 1.83. The van der Waals surface area contributed by atoms with Crippen LogP contribution in [0.2, 0.25) is 0 Å². The monoisotopic (exact) mass is 276 g/mol. The molecule has 1 aliphatic rings. The van der Waals surface area contributed by atoms with Gasteiger partial charge in [-0.3, -0.25) is 9.59 Å². The van der Waals surface area contributed by atoms with Gasteiger partial charge in [0.25, 0.3) is 5.91 Å². The summed E-state index contributed by atoms with van der Waals surface area (Å²) in [6, 6.07) is 9.30. The van der Waals surface area contributed by atoms with Crippen molar-refractivity contribution in [2.75, 3.05) is 26.3 Å². The van der Waals surface area contributed by atoms with Gasteiger partial charge in [0.2, 0.25) is 6.29 Å². The normalized spacial score (nSPS) is 18.4. The Kier molecular flexibility index (Phi) is 5.26. The van der Waals surface area contributed by atoms with Crippen molar-refractivity contribution in [2.24, 2.45) is 5.92 Å². The summed E-state index contributed by atoms with van der Waals surface area (Å²) in [6.07, 6.45) is 0.757. The lowest BCUT2D eigenvalue weighted by Gasteiger charge is -2.30. The van der Waals surface area contributed by atoms with Crippen LogP contribution in [0.3, 0.4) is 0 Å². The molecule has 0 saturated carbocycles. The standard InChI is InChI=1S/C15H18NO4/c17-11-13(10-12-4-2-1-3-5-12)14(18)15(19)16-6-8-20-9-7-16/h1-5,13-14,18H,6-10H2/t13-,14-/m0/s1. The summed E-state index contributed by atoms with van der Waals surface area (Å²) in [5.41, 5.74) is 0.898. The molecule has 1 aromatic carbocycles. The van der Waals surface area contributed by atoms with Crippen LogP contribution in [0.1, 0.15) is 5.56 Å². The van der Waals surface area contributed by atoms with Gasteiger partial charge in [0.05, 0.1) is 19.1 Å². The van der Waals surface area contributed by atoms with Crippen LogP contribution < -0.4 is 0 Å². The number of carbonyl (C=O) groups excluding carboxylic acids is 2. The van der Waals surface area contributed by atoms with E-state index in [2.05, 4.69) is 0 Å². The first-order valence-electron chi connectivity index (χ1n) is 6.68. The van der Waals surface area contributed by atoms with Gasteiger partial charge in [0.15, 0.2) is 0 Å². The Balaban J connectivity index is 1.99. The minimum atomic E-state index is -1.34. The maximum Gasteiger partial charge on any atom is 0.252 e. The van der Waals surface area contributed by atoms with Crippen molar-refractivity contribution in [3.05, 3.63) is 35.9 Å². The van der Waals surface area contributed by atoms with E-state index in [-0.39, 0.29) is 0 Å². The molecule has 20 heavy (non-hydrogen) atoms. The zero-order valence-electron chi connectivity index (χ0n) is 11.2. The molecule has 1 fully saturated rings. The topological polar surface area (TPSA) is 66.8 Å². The number of ether oxygens (including phenoxy) is 1. The number of aliphatic hydroxyl groups is 1. The lowest BCUT2D eigenvalue weighted by atomic mass is 9.94. The van der Waals surface area contributed by atoms with Gasteiger partial charge in [-0.25, -0.2) is 0 Å². The van der Waals surface area contributed by atoms with Gasteiger partial charge in [-0.15, -0.1) is 0 Å². The third kappa shape index (κ3) is 3.65. The number of morpholine rings is 1. The quantitative estimate of drug-likeness (QED) is 0.833. The molecule has 0 unspecified atom stereocenters. The predicted molar refractivity (Wildman–Crippen MR) is 72.7 cm³/mol. The first-order valence-corrected chi connectivity index (χ1v) is 6.68. The van der Waals surface area contributed by atoms with Crippen LogP contribution in [0.25, 0.3) is 0 Å². The molecular weight excluding hydrogens is 258 g/mol. The van der Waals surface area contributed by atoms with E-state index in [0.29, 0.717) is 32.7 Å². The van der Waals surface area contributed by atoms with Crippen LogP contribution in [0.4, 0.5) is 0 Å². The number of amides is 1. The Morgan fingerprint density at radius 3 is 2.55 bits per heavy atom. The summed E-state index contributed by atoms with van der Waals surface area (Å²) < 4.78 is 5.16. The average molecular weight is 276 g/mol. The molecule has 5 nitrogen and oxygen atoms in total. The van der Waals surface area contributed by atoms with E-state index in [1.165, 1.54) is 4.90 Å². The van der Waals surface area contributed by atoms with E-state index in [0.717, 1.165) is 5.56 Å². The Labute approximate surface area is 118 Å². The minimum absolute atomic E-state index is 0.307. The van der Waals surface area contributed by atoms with Gasteiger partial charge < -0.3 is 14.7 Å². The molecule has 107 valence electrons. The van der Waals surface area contributed by atoms with Crippen LogP contribution >= 0.6 is 0 Å². The maximum absolute atomic E-state index is 12.1. The van der Waals surface area contributed by atoms with Crippen LogP contribution in [-0.2, 0) is 20.7 Å². The molecular formula is C15H18NO4. The Bertz CT molecular complexity index is 442. The fourth-order valence-electron chi connectivity index (χ4n) is 2.23. The molecule has 2 rings (SSSR count). The number of rotatable bonds is 5. The summed E-state index contributed by atoms with van der Waals surface area (Å²) in [4.78, 5) is 24.7. The molecule has 1 saturated heterocycles. The lowest BCUT2D eigenvalue weighted by molar-refractivity contribution is -0.145. The van der Waals surface area contributed by atoms with Gasteiger partial charge in [-0.05, 0) is 12.0 Å². The molecule has 0 aromatic heterocycles. The highest BCUT2D eigenvalue weighted by Crippen LogP contribution is 2.13. The van der Waals surface area contributed by atoms with Crippen LogP contribution in [0.15, 0.2) is 30.3 Å². The van der Waals surface area contributed by atoms with E-state index in [9.17, 15) is 14.7 Å². The van der Waals surface area contributed by atoms with E-state index >= 15 is 0 Å². The highest BCUT2D eigenvalue weighted by Gasteiger charge is 2.31. The van der Waals surface area contributed by atoms with Crippen molar-refractivity contribution >= 4 is 12.2 Å². The summed E-state index contributed by atoms with van der Waals surface area (Å²) in [5.74, 6) is -1.26. The molecule has 1 N–H and O–H groups in total. The van der Waals surface area contributed by atoms with Crippen molar-refractivity contribution in [1.82, 2.24) is 4.90 Å². The van der Waals surface area contributed by atoms with Crippen molar-refractivity contribution in [3.63, 3.8) is 0 Å². The van der Waals surface area contributed by atoms with E-state index < -0.39 is 17.9 Å². The highest BCUT2D eigenvalue weighted by molar-refractivity contribution is 5.84. The lowest BCUT2D eigenvalue weighted by Crippen LogP contribution is -2.48. The molecule has 2 atom stereocenters. The highest BCUT2D eigenvalue weighted by atomic mass is 16.5. The zero-order valence-corrected chi connectivity index (χ0v) is 11.2. The number of hydrogen-bond donors (Lipinski definition) is 1. The van der Waals surface area contributed by atoms with E-state index in [1.54, 1.807) is 6.29 Å². The third-order valence-corrected chi connectivity index (χ3v) is 3.41. The third-order valence-electron chi connectivity index (χ3n) is 3.41.